The Morgan fingerprint density at radius 3 is 2.15 bits per heavy atom. The number of aliphatic carboxylic acids is 1. The van der Waals surface area contributed by atoms with Gasteiger partial charge in [0.1, 0.15) is 12.6 Å². The van der Waals surface area contributed by atoms with Gasteiger partial charge in [0.2, 0.25) is 11.6 Å². The van der Waals surface area contributed by atoms with E-state index in [0.29, 0.717) is 0 Å². The summed E-state index contributed by atoms with van der Waals surface area (Å²) in [6.07, 6.45) is -0.656. The van der Waals surface area contributed by atoms with Crippen molar-refractivity contribution in [3.8, 4) is 5.75 Å². The van der Waals surface area contributed by atoms with Crippen LogP contribution in [0.4, 0.5) is 17.6 Å². The van der Waals surface area contributed by atoms with Crippen molar-refractivity contribution in [1.82, 2.24) is 0 Å². The minimum Gasteiger partial charge on any atom is -0.480 e. The molecule has 0 fully saturated rings. The molecule has 0 saturated heterocycles. The van der Waals surface area contributed by atoms with Gasteiger partial charge < -0.3 is 15.6 Å². The van der Waals surface area contributed by atoms with Crippen LogP contribution < -0.4 is 10.5 Å². The van der Waals surface area contributed by atoms with E-state index in [9.17, 15) is 27.2 Å². The predicted octanol–water partition coefficient (Wildman–Crippen LogP) is 0.993. The Bertz CT molecular complexity index is 523. The van der Waals surface area contributed by atoms with Crippen molar-refractivity contribution < 1.29 is 37.0 Å². The van der Waals surface area contributed by atoms with E-state index in [1.807, 2.05) is 0 Å². The Morgan fingerprint density at radius 2 is 1.70 bits per heavy atom. The molecule has 110 valence electrons. The lowest BCUT2D eigenvalue weighted by atomic mass is 10.1. The third-order valence-corrected chi connectivity index (χ3v) is 2.21. The van der Waals surface area contributed by atoms with Crippen LogP contribution in [-0.2, 0) is 9.59 Å². The van der Waals surface area contributed by atoms with Gasteiger partial charge in [-0.15, -0.1) is 0 Å². The minimum absolute atomic E-state index is 0.0142. The summed E-state index contributed by atoms with van der Waals surface area (Å²) in [6, 6.07) is -1.52. The number of nitrogens with two attached hydrogens (primary N) is 1. The molecule has 0 heterocycles. The molecule has 1 aromatic rings. The predicted molar refractivity (Wildman–Crippen MR) is 57.0 cm³/mol. The Morgan fingerprint density at radius 1 is 1.20 bits per heavy atom. The van der Waals surface area contributed by atoms with Crippen LogP contribution in [0.5, 0.6) is 5.75 Å². The zero-order valence-corrected chi connectivity index (χ0v) is 9.83. The van der Waals surface area contributed by atoms with Crippen LogP contribution >= 0.6 is 0 Å². The molecule has 0 aliphatic rings. The molecule has 1 atom stereocenters. The lowest BCUT2D eigenvalue weighted by molar-refractivity contribution is -0.140. The highest BCUT2D eigenvalue weighted by Crippen LogP contribution is 2.26. The summed E-state index contributed by atoms with van der Waals surface area (Å²) in [5.41, 5.74) is 5.05. The third-order valence-electron chi connectivity index (χ3n) is 2.21. The highest BCUT2D eigenvalue weighted by Gasteiger charge is 2.22. The van der Waals surface area contributed by atoms with E-state index in [4.69, 9.17) is 10.8 Å². The van der Waals surface area contributed by atoms with Crippen LogP contribution in [0.15, 0.2) is 6.07 Å². The summed E-state index contributed by atoms with van der Waals surface area (Å²) in [7, 11) is 0. The van der Waals surface area contributed by atoms with Crippen LogP contribution in [-0.4, -0.2) is 29.5 Å². The molecule has 1 aromatic carbocycles. The van der Waals surface area contributed by atoms with Crippen molar-refractivity contribution in [2.24, 2.45) is 5.73 Å². The fourth-order valence-corrected chi connectivity index (χ4v) is 1.22. The third kappa shape index (κ3) is 3.67. The topological polar surface area (TPSA) is 89.6 Å². The van der Waals surface area contributed by atoms with Crippen molar-refractivity contribution in [2.45, 2.75) is 12.5 Å². The van der Waals surface area contributed by atoms with Crippen LogP contribution in [0.3, 0.4) is 0 Å². The largest absolute Gasteiger partial charge is 0.480 e. The van der Waals surface area contributed by atoms with Crippen molar-refractivity contribution in [3.05, 3.63) is 29.3 Å². The van der Waals surface area contributed by atoms with Gasteiger partial charge in [-0.25, -0.2) is 8.78 Å². The number of carbonyl (C=O) groups excluding carboxylic acids is 1. The smallest absolute Gasteiger partial charge is 0.320 e. The van der Waals surface area contributed by atoms with Crippen LogP contribution in [0.1, 0.15) is 6.42 Å². The maximum Gasteiger partial charge on any atom is 0.320 e. The molecule has 0 bridgehead atoms. The Hall–Kier alpha value is -2.16. The molecule has 1 rings (SSSR count). The molecular weight excluding hydrogens is 286 g/mol. The monoisotopic (exact) mass is 295 g/mol. The van der Waals surface area contributed by atoms with Gasteiger partial charge in [-0.3, -0.25) is 9.59 Å². The summed E-state index contributed by atoms with van der Waals surface area (Å²) >= 11 is 0. The van der Waals surface area contributed by atoms with Crippen molar-refractivity contribution in [3.63, 3.8) is 0 Å². The summed E-state index contributed by atoms with van der Waals surface area (Å²) < 4.78 is 56.3. The highest BCUT2D eigenvalue weighted by atomic mass is 19.2. The van der Waals surface area contributed by atoms with Crippen LogP contribution in [0, 0.1) is 23.3 Å². The summed E-state index contributed by atoms with van der Waals surface area (Å²) in [4.78, 5) is 21.6. The number of Topliss-reactive ketones (excluding diaryl/α,β-unsaturated/α-hetero) is 1. The fourth-order valence-electron chi connectivity index (χ4n) is 1.22. The number of ether oxygens (including phenoxy) is 1. The second kappa shape index (κ2) is 6.33. The van der Waals surface area contributed by atoms with Gasteiger partial charge in [0.25, 0.3) is 0 Å². The first-order valence-electron chi connectivity index (χ1n) is 5.20. The first-order chi connectivity index (χ1) is 9.23. The number of carbonyl (C=O) groups is 2. The molecule has 0 aliphatic carbocycles. The number of halogens is 4. The zero-order valence-electron chi connectivity index (χ0n) is 9.83. The molecule has 3 N–H and O–H groups in total. The van der Waals surface area contributed by atoms with Crippen molar-refractivity contribution in [2.75, 3.05) is 6.61 Å². The second-order valence-corrected chi connectivity index (χ2v) is 3.77. The number of carboxylic acids is 1. The normalized spacial score (nSPS) is 12.1. The first-order valence-corrected chi connectivity index (χ1v) is 5.20. The lowest BCUT2D eigenvalue weighted by Crippen LogP contribution is -2.34. The maximum absolute atomic E-state index is 13.1. The van der Waals surface area contributed by atoms with Gasteiger partial charge in [0.15, 0.2) is 23.2 Å². The van der Waals surface area contributed by atoms with Crippen molar-refractivity contribution in [1.29, 1.82) is 0 Å². The SMILES string of the molecule is NC(CC(=O)COc1c(F)c(F)cc(F)c1F)C(=O)O. The van der Waals surface area contributed by atoms with Gasteiger partial charge in [-0.2, -0.15) is 8.78 Å². The number of hydrogen-bond acceptors (Lipinski definition) is 4. The van der Waals surface area contributed by atoms with Crippen LogP contribution in [0.25, 0.3) is 0 Å². The molecular formula is C11H9F4NO4. The van der Waals surface area contributed by atoms with Gasteiger partial charge in [-0.05, 0) is 0 Å². The Balaban J connectivity index is 2.76. The van der Waals surface area contributed by atoms with E-state index in [1.165, 1.54) is 0 Å². The van der Waals surface area contributed by atoms with E-state index < -0.39 is 59.8 Å². The first kappa shape index (κ1) is 15.9. The summed E-state index contributed by atoms with van der Waals surface area (Å²) in [5.74, 6) is -10.7. The lowest BCUT2D eigenvalue weighted by Gasteiger charge is -2.10. The summed E-state index contributed by atoms with van der Waals surface area (Å²) in [5, 5.41) is 8.44. The van der Waals surface area contributed by atoms with Gasteiger partial charge >= 0.3 is 5.97 Å². The number of rotatable bonds is 6. The van der Waals surface area contributed by atoms with E-state index in [1.54, 1.807) is 0 Å². The van der Waals surface area contributed by atoms with E-state index in [2.05, 4.69) is 4.74 Å². The standard InChI is InChI=1S/C11H9F4NO4/c12-5-2-6(13)9(15)10(8(5)14)20-3-4(17)1-7(16)11(18)19/h2,7H,1,3,16H2,(H,18,19). The average Bonchev–Trinajstić information content (AvgIpc) is 2.36. The molecule has 0 saturated carbocycles. The minimum atomic E-state index is -1.79. The number of benzene rings is 1. The zero-order chi connectivity index (χ0) is 15.4. The molecule has 20 heavy (non-hydrogen) atoms. The van der Waals surface area contributed by atoms with E-state index in [0.717, 1.165) is 0 Å². The van der Waals surface area contributed by atoms with E-state index >= 15 is 0 Å². The molecule has 0 amide bonds. The molecule has 0 spiro atoms. The molecule has 0 aromatic heterocycles. The molecule has 5 nitrogen and oxygen atoms in total. The molecule has 1 unspecified atom stereocenters. The fraction of sp³-hybridized carbons (Fsp3) is 0.273. The number of carboxylic acid groups (broad SMARTS) is 1. The molecule has 0 aliphatic heterocycles. The van der Waals surface area contributed by atoms with Gasteiger partial charge in [0, 0.05) is 12.5 Å². The van der Waals surface area contributed by atoms with Crippen LogP contribution in [0.2, 0.25) is 0 Å². The van der Waals surface area contributed by atoms with Gasteiger partial charge in [0.05, 0.1) is 0 Å². The average molecular weight is 295 g/mol. The van der Waals surface area contributed by atoms with Gasteiger partial charge in [-0.1, -0.05) is 0 Å². The van der Waals surface area contributed by atoms with Crippen molar-refractivity contribution >= 4 is 11.8 Å². The maximum atomic E-state index is 13.1. The second-order valence-electron chi connectivity index (χ2n) is 3.77. The molecule has 9 heteroatoms. The summed E-state index contributed by atoms with van der Waals surface area (Å²) in [6.45, 7) is -0.974. The number of hydrogen-bond donors (Lipinski definition) is 2. The number of ketones is 1. The molecule has 0 radical (unpaired) electrons. The Labute approximate surface area is 109 Å². The van der Waals surface area contributed by atoms with E-state index in [-0.39, 0.29) is 6.07 Å². The Kier molecular flexibility index (Phi) is 5.03. The quantitative estimate of drug-likeness (QED) is 0.603. The highest BCUT2D eigenvalue weighted by molar-refractivity contribution is 5.86.